The van der Waals surface area contributed by atoms with Crippen molar-refractivity contribution in [3.8, 4) is 0 Å². The van der Waals surface area contributed by atoms with Crippen molar-refractivity contribution in [3.63, 3.8) is 0 Å². The first-order valence-corrected chi connectivity index (χ1v) is 2.30. The molecule has 0 spiro atoms. The Morgan fingerprint density at radius 3 is 2.30 bits per heavy atom. The molecule has 1 N–H and O–H groups in total. The first kappa shape index (κ1) is 9.00. The van der Waals surface area contributed by atoms with Crippen LogP contribution in [0.1, 0.15) is 0 Å². The van der Waals surface area contributed by atoms with Crippen molar-refractivity contribution in [2.75, 3.05) is 0 Å². The third-order valence-electron chi connectivity index (χ3n) is 0.590. The van der Waals surface area contributed by atoms with Crippen molar-refractivity contribution in [2.24, 2.45) is 0 Å². The van der Waals surface area contributed by atoms with E-state index >= 15 is 0 Å². The molecule has 0 atom stereocenters. The minimum absolute atomic E-state index is 0.815. The lowest BCUT2D eigenvalue weighted by Gasteiger charge is -2.03. The van der Waals surface area contributed by atoms with E-state index in [4.69, 9.17) is 0 Å². The van der Waals surface area contributed by atoms with Gasteiger partial charge in [-0.2, -0.15) is 13.2 Å². The molecule has 0 saturated heterocycles. The Bertz CT molecular complexity index is 140. The van der Waals surface area contributed by atoms with Crippen LogP contribution in [0, 0.1) is 6.54 Å². The summed E-state index contributed by atoms with van der Waals surface area (Å²) in [7, 11) is 0. The molecule has 0 saturated carbocycles. The van der Waals surface area contributed by atoms with Crippen LogP contribution in [0.3, 0.4) is 0 Å². The zero-order valence-electron chi connectivity index (χ0n) is 4.90. The van der Waals surface area contributed by atoms with Gasteiger partial charge in [0.1, 0.15) is 0 Å². The number of amides is 1. The minimum Gasteiger partial charge on any atom is -0.340 e. The molecule has 10 heavy (non-hydrogen) atoms. The summed E-state index contributed by atoms with van der Waals surface area (Å²) in [6.45, 7) is 3.89. The van der Waals surface area contributed by atoms with Gasteiger partial charge in [-0.1, -0.05) is 6.08 Å². The van der Waals surface area contributed by atoms with E-state index in [1.54, 1.807) is 0 Å². The first-order valence-electron chi connectivity index (χ1n) is 2.30. The number of rotatable bonds is 2. The van der Waals surface area contributed by atoms with Crippen LogP contribution >= 0.6 is 0 Å². The molecule has 0 rings (SSSR count). The Hall–Kier alpha value is -1.00. The van der Waals surface area contributed by atoms with Crippen LogP contribution in [0.5, 0.6) is 0 Å². The van der Waals surface area contributed by atoms with E-state index < -0.39 is 12.1 Å². The van der Waals surface area contributed by atoms with E-state index in [-0.39, 0.29) is 0 Å². The fourth-order valence-corrected chi connectivity index (χ4v) is 0.216. The molecule has 2 nitrogen and oxygen atoms in total. The van der Waals surface area contributed by atoms with Gasteiger partial charge < -0.3 is 5.32 Å². The standard InChI is InChI=1S/C5H5F3NO/c1-2-3-9-4(10)5(6,7)8/h2-3H,1H2,(H,9,10). The molecule has 0 fully saturated rings. The second-order valence-corrected chi connectivity index (χ2v) is 1.37. The molecule has 0 heterocycles. The zero-order valence-corrected chi connectivity index (χ0v) is 4.90. The number of hydrogen-bond donors (Lipinski definition) is 1. The normalized spacial score (nSPS) is 10.7. The number of hydrogen-bond acceptors (Lipinski definition) is 1. The molecule has 1 amide bonds. The van der Waals surface area contributed by atoms with E-state index in [9.17, 15) is 18.0 Å². The van der Waals surface area contributed by atoms with Crippen molar-refractivity contribution in [2.45, 2.75) is 6.18 Å². The molecular formula is C5H5F3NO. The number of alkyl halides is 3. The van der Waals surface area contributed by atoms with Crippen molar-refractivity contribution in [1.82, 2.24) is 5.32 Å². The van der Waals surface area contributed by atoms with Gasteiger partial charge in [-0.05, 0) is 0 Å². The molecular weight excluding hydrogens is 147 g/mol. The average molecular weight is 152 g/mol. The SMILES string of the molecule is C=C[CH]NC(=O)C(F)(F)F. The molecule has 1 radical (unpaired) electrons. The third kappa shape index (κ3) is 3.11. The van der Waals surface area contributed by atoms with E-state index in [0.29, 0.717) is 0 Å². The van der Waals surface area contributed by atoms with Crippen LogP contribution < -0.4 is 5.32 Å². The van der Waals surface area contributed by atoms with Crippen LogP contribution in [-0.4, -0.2) is 12.1 Å². The highest BCUT2D eigenvalue weighted by Gasteiger charge is 2.37. The Balaban J connectivity index is 3.74. The number of carbonyl (C=O) groups excluding carboxylic acids is 1. The van der Waals surface area contributed by atoms with Gasteiger partial charge in [0.2, 0.25) is 0 Å². The highest BCUT2D eigenvalue weighted by Crippen LogP contribution is 2.13. The summed E-state index contributed by atoms with van der Waals surface area (Å²) >= 11 is 0. The Morgan fingerprint density at radius 2 is 2.00 bits per heavy atom. The van der Waals surface area contributed by atoms with E-state index in [1.807, 2.05) is 0 Å². The maximum atomic E-state index is 11.3. The summed E-state index contributed by atoms with van der Waals surface area (Å²) in [5.74, 6) is -1.99. The summed E-state index contributed by atoms with van der Waals surface area (Å²) in [6, 6.07) is 0. The maximum absolute atomic E-state index is 11.3. The minimum atomic E-state index is -4.82. The molecule has 57 valence electrons. The molecule has 0 aliphatic carbocycles. The molecule has 0 aromatic carbocycles. The average Bonchev–Trinajstić information content (AvgIpc) is 1.80. The summed E-state index contributed by atoms with van der Waals surface area (Å²) in [5.41, 5.74) is 0. The van der Waals surface area contributed by atoms with Crippen LogP contribution in [0.4, 0.5) is 13.2 Å². The molecule has 0 aliphatic rings. The van der Waals surface area contributed by atoms with Crippen LogP contribution in [0.2, 0.25) is 0 Å². The van der Waals surface area contributed by atoms with Crippen LogP contribution in [-0.2, 0) is 4.79 Å². The molecule has 5 heteroatoms. The van der Waals surface area contributed by atoms with Crippen molar-refractivity contribution < 1.29 is 18.0 Å². The smallest absolute Gasteiger partial charge is 0.340 e. The fraction of sp³-hybridized carbons (Fsp3) is 0.200. The van der Waals surface area contributed by atoms with Crippen molar-refractivity contribution >= 4 is 5.91 Å². The van der Waals surface area contributed by atoms with Crippen molar-refractivity contribution in [3.05, 3.63) is 19.2 Å². The molecule has 0 aliphatic heterocycles. The molecule has 0 unspecified atom stereocenters. The van der Waals surface area contributed by atoms with Gasteiger partial charge in [0, 0.05) is 0 Å². The van der Waals surface area contributed by atoms with Gasteiger partial charge in [-0.25, -0.2) is 0 Å². The zero-order chi connectivity index (χ0) is 8.20. The Morgan fingerprint density at radius 1 is 1.50 bits per heavy atom. The number of carbonyl (C=O) groups is 1. The number of nitrogens with one attached hydrogen (secondary N) is 1. The summed E-state index contributed by atoms with van der Waals surface area (Å²) < 4.78 is 33.9. The van der Waals surface area contributed by atoms with E-state index in [1.165, 1.54) is 5.32 Å². The number of halogens is 3. The second-order valence-electron chi connectivity index (χ2n) is 1.37. The molecule has 0 aromatic heterocycles. The Kier molecular flexibility index (Phi) is 2.92. The lowest BCUT2D eigenvalue weighted by molar-refractivity contribution is -0.172. The first-order chi connectivity index (χ1) is 4.48. The Labute approximate surface area is 55.7 Å². The van der Waals surface area contributed by atoms with Crippen LogP contribution in [0.15, 0.2) is 12.7 Å². The van der Waals surface area contributed by atoms with Crippen molar-refractivity contribution in [1.29, 1.82) is 0 Å². The second kappa shape index (κ2) is 3.24. The lowest BCUT2D eigenvalue weighted by atomic mass is 10.5. The van der Waals surface area contributed by atoms with Gasteiger partial charge >= 0.3 is 12.1 Å². The fourth-order valence-electron chi connectivity index (χ4n) is 0.216. The molecule has 0 aromatic rings. The van der Waals surface area contributed by atoms with Gasteiger partial charge in [-0.15, -0.1) is 6.58 Å². The topological polar surface area (TPSA) is 29.1 Å². The van der Waals surface area contributed by atoms with Gasteiger partial charge in [0.15, 0.2) is 0 Å². The van der Waals surface area contributed by atoms with E-state index in [0.717, 1.165) is 12.6 Å². The highest BCUT2D eigenvalue weighted by molar-refractivity contribution is 5.82. The van der Waals surface area contributed by atoms with E-state index in [2.05, 4.69) is 6.58 Å². The third-order valence-corrected chi connectivity index (χ3v) is 0.590. The summed E-state index contributed by atoms with van der Waals surface area (Å²) in [4.78, 5) is 9.91. The summed E-state index contributed by atoms with van der Waals surface area (Å²) in [6.07, 6.45) is -3.77. The monoisotopic (exact) mass is 152 g/mol. The lowest BCUT2D eigenvalue weighted by Crippen LogP contribution is -2.34. The van der Waals surface area contributed by atoms with Crippen LogP contribution in [0.25, 0.3) is 0 Å². The highest BCUT2D eigenvalue weighted by atomic mass is 19.4. The predicted octanol–water partition coefficient (Wildman–Crippen LogP) is 1.01. The molecule has 0 bridgehead atoms. The quantitative estimate of drug-likeness (QED) is 0.628. The maximum Gasteiger partial charge on any atom is 0.471 e. The van der Waals surface area contributed by atoms with Gasteiger partial charge in [0.25, 0.3) is 0 Å². The predicted molar refractivity (Wildman–Crippen MR) is 28.7 cm³/mol. The largest absolute Gasteiger partial charge is 0.471 e. The van der Waals surface area contributed by atoms with Gasteiger partial charge in [-0.3, -0.25) is 4.79 Å². The van der Waals surface area contributed by atoms with Gasteiger partial charge in [0.05, 0.1) is 6.54 Å². The summed E-state index contributed by atoms with van der Waals surface area (Å²) in [5, 5.41) is 1.47.